The lowest BCUT2D eigenvalue weighted by Crippen LogP contribution is -1.94. The molecule has 1 aromatic rings. The van der Waals surface area contributed by atoms with E-state index in [-0.39, 0.29) is 0 Å². The molecule has 1 heteroatoms. The smallest absolute Gasteiger partial charge is 0.0524 e. The minimum Gasteiger partial charge on any atom is -0.260 e. The molecular weight excluding hydrogens is 98.1 g/mol. The van der Waals surface area contributed by atoms with E-state index in [1.165, 1.54) is 12.1 Å². The van der Waals surface area contributed by atoms with Gasteiger partial charge in [0.15, 0.2) is 0 Å². The maximum Gasteiger partial charge on any atom is 0.0524 e. The molecule has 0 radical (unpaired) electrons. The summed E-state index contributed by atoms with van der Waals surface area (Å²) in [6.45, 7) is 0. The molecule has 0 N–H and O–H groups in total. The highest BCUT2D eigenvalue weighted by atomic mass is 14.8. The van der Waals surface area contributed by atoms with Crippen LogP contribution in [0.3, 0.4) is 0 Å². The van der Waals surface area contributed by atoms with E-state index in [4.69, 9.17) is 0 Å². The minimum absolute atomic E-state index is 0.819. The molecule has 1 nitrogen and oxygen atoms in total. The van der Waals surface area contributed by atoms with Crippen LogP contribution in [0.1, 0.15) is 22.7 Å². The van der Waals surface area contributed by atoms with E-state index in [2.05, 4.69) is 11.1 Å². The molecule has 0 bridgehead atoms. The summed E-state index contributed by atoms with van der Waals surface area (Å²) < 4.78 is 0. The second-order valence-electron chi connectivity index (χ2n) is 2.53. The Morgan fingerprint density at radius 2 is 2.62 bits per heavy atom. The van der Waals surface area contributed by atoms with Crippen molar-refractivity contribution in [2.24, 2.45) is 0 Å². The van der Waals surface area contributed by atoms with E-state index < -0.39 is 0 Å². The number of hydrogen-bond donors (Lipinski definition) is 0. The summed E-state index contributed by atoms with van der Waals surface area (Å²) in [5.41, 5.74) is 4.48. The van der Waals surface area contributed by atoms with Gasteiger partial charge in [-0.2, -0.15) is 0 Å². The molecule has 1 heterocycles. The topological polar surface area (TPSA) is 12.9 Å². The van der Waals surface area contributed by atoms with Crippen LogP contribution < -0.4 is 0 Å². The Labute approximate surface area is 47.4 Å². The monoisotopic (exact) mass is 103 g/mol. The maximum atomic E-state index is 4.20. The van der Waals surface area contributed by atoms with Gasteiger partial charge in [0.25, 0.3) is 0 Å². The van der Waals surface area contributed by atoms with Crippen molar-refractivity contribution in [3.8, 4) is 0 Å². The van der Waals surface area contributed by atoms with E-state index in [0.29, 0.717) is 0 Å². The molecule has 1 atom stereocenters. The van der Waals surface area contributed by atoms with Crippen molar-refractivity contribution in [3.63, 3.8) is 0 Å². The Morgan fingerprint density at radius 3 is 3.38 bits per heavy atom. The molecule has 1 aromatic heterocycles. The van der Waals surface area contributed by atoms with Gasteiger partial charge in [-0.1, -0.05) is 0 Å². The molecule has 3 rings (SSSR count). The number of aromatic nitrogens is 1. The van der Waals surface area contributed by atoms with Crippen molar-refractivity contribution in [1.82, 2.24) is 4.98 Å². The predicted molar refractivity (Wildman–Crippen MR) is 29.8 cm³/mol. The van der Waals surface area contributed by atoms with Crippen molar-refractivity contribution in [2.45, 2.75) is 12.3 Å². The minimum atomic E-state index is 0.819. The average Bonchev–Trinajstić information content (AvgIpc) is 2.33. The summed E-state index contributed by atoms with van der Waals surface area (Å²) >= 11 is 0. The van der Waals surface area contributed by atoms with Crippen molar-refractivity contribution >= 4 is 0 Å². The third-order valence-electron chi connectivity index (χ3n) is 2.13. The zero-order valence-electron chi connectivity index (χ0n) is 4.39. The van der Waals surface area contributed by atoms with Gasteiger partial charge in [-0.3, -0.25) is 4.98 Å². The normalized spacial score (nSPS) is 26.2. The molecule has 0 fully saturated rings. The summed E-state index contributed by atoms with van der Waals surface area (Å²) in [6, 6.07) is 2.13. The second kappa shape index (κ2) is 0.711. The summed E-state index contributed by atoms with van der Waals surface area (Å²) in [6.07, 6.45) is 3.20. The van der Waals surface area contributed by atoms with Crippen molar-refractivity contribution in [1.29, 1.82) is 0 Å². The lowest BCUT2D eigenvalue weighted by atomic mass is 9.99. The average molecular weight is 103 g/mol. The number of nitrogens with zero attached hydrogens (tertiary/aromatic N) is 1. The van der Waals surface area contributed by atoms with Crippen LogP contribution in [0.15, 0.2) is 12.3 Å². The summed E-state index contributed by atoms with van der Waals surface area (Å²) in [7, 11) is 0. The number of fused-ring (bicyclic) bond motifs is 1. The summed E-state index contributed by atoms with van der Waals surface area (Å²) in [5.74, 6) is 0.819. The van der Waals surface area contributed by atoms with Crippen LogP contribution >= 0.6 is 0 Å². The number of hydrogen-bond acceptors (Lipinski definition) is 1. The first kappa shape index (κ1) is 3.23. The van der Waals surface area contributed by atoms with Gasteiger partial charge in [0, 0.05) is 12.1 Å². The van der Waals surface area contributed by atoms with Crippen molar-refractivity contribution < 1.29 is 0 Å². The molecular formula is C7H5N. The number of rotatable bonds is 0. The van der Waals surface area contributed by atoms with Crippen molar-refractivity contribution in [2.75, 3.05) is 0 Å². The number of pyridine rings is 1. The van der Waals surface area contributed by atoms with Crippen LogP contribution in [0.25, 0.3) is 0 Å². The van der Waals surface area contributed by atoms with E-state index in [9.17, 15) is 0 Å². The molecule has 0 spiro atoms. The highest BCUT2D eigenvalue weighted by Gasteiger charge is 2.45. The Bertz CT molecular complexity index is 265. The largest absolute Gasteiger partial charge is 0.260 e. The fraction of sp³-hybridized carbons (Fsp3) is 0.286. The molecule has 38 valence electrons. The maximum absolute atomic E-state index is 4.20. The Morgan fingerprint density at radius 1 is 1.62 bits per heavy atom. The Hall–Kier alpha value is -0.850. The van der Waals surface area contributed by atoms with Crippen LogP contribution in [0.5, 0.6) is 0 Å². The van der Waals surface area contributed by atoms with Gasteiger partial charge >= 0.3 is 0 Å². The van der Waals surface area contributed by atoms with Gasteiger partial charge in [-0.25, -0.2) is 0 Å². The van der Waals surface area contributed by atoms with Crippen LogP contribution in [0, 0.1) is 0 Å². The Balaban J connectivity index is 2.54. The fourth-order valence-electron chi connectivity index (χ4n) is 1.57. The third-order valence-corrected chi connectivity index (χ3v) is 2.13. The molecule has 0 amide bonds. The van der Waals surface area contributed by atoms with E-state index >= 15 is 0 Å². The lowest BCUT2D eigenvalue weighted by molar-refractivity contribution is 0.866. The van der Waals surface area contributed by atoms with Gasteiger partial charge < -0.3 is 0 Å². The molecule has 0 aromatic carbocycles. The zero-order chi connectivity index (χ0) is 5.14. The molecule has 8 heavy (non-hydrogen) atoms. The standard InChI is InChI=1S/C7H5N/c1-2-8-7-5-3-4(1)6(5)7/h1-2,5H,3H2. The SMILES string of the molecule is c1cc2c3c(n1)C3C2. The molecule has 0 aliphatic heterocycles. The quantitative estimate of drug-likeness (QED) is 0.479. The molecule has 2 aliphatic carbocycles. The second-order valence-corrected chi connectivity index (χ2v) is 2.53. The predicted octanol–water partition coefficient (Wildman–Crippen LogP) is 1.08. The molecule has 0 saturated carbocycles. The van der Waals surface area contributed by atoms with E-state index in [1.807, 2.05) is 6.20 Å². The highest BCUT2D eigenvalue weighted by molar-refractivity contribution is 5.61. The summed E-state index contributed by atoms with van der Waals surface area (Å²) in [4.78, 5) is 4.20. The highest BCUT2D eigenvalue weighted by Crippen LogP contribution is 2.54. The first-order valence-corrected chi connectivity index (χ1v) is 2.94. The van der Waals surface area contributed by atoms with E-state index in [1.54, 1.807) is 11.1 Å². The van der Waals surface area contributed by atoms with Crippen LogP contribution in [0.2, 0.25) is 0 Å². The van der Waals surface area contributed by atoms with Gasteiger partial charge in [-0.05, 0) is 23.6 Å². The van der Waals surface area contributed by atoms with Crippen molar-refractivity contribution in [3.05, 3.63) is 29.1 Å². The first-order chi connectivity index (χ1) is 3.97. The first-order valence-electron chi connectivity index (χ1n) is 2.94. The third kappa shape index (κ3) is 0.166. The van der Waals surface area contributed by atoms with Crippen LogP contribution in [-0.4, -0.2) is 4.98 Å². The van der Waals surface area contributed by atoms with Gasteiger partial charge in [0.1, 0.15) is 0 Å². The molecule has 2 aliphatic rings. The molecule has 1 unspecified atom stereocenters. The molecule has 0 saturated heterocycles. The van der Waals surface area contributed by atoms with Gasteiger partial charge in [0.2, 0.25) is 0 Å². The Kier molecular flexibility index (Phi) is 0.287. The fourth-order valence-corrected chi connectivity index (χ4v) is 1.57. The van der Waals surface area contributed by atoms with Crippen LogP contribution in [0.4, 0.5) is 0 Å². The summed E-state index contributed by atoms with van der Waals surface area (Å²) in [5, 5.41) is 0. The van der Waals surface area contributed by atoms with Crippen LogP contribution in [-0.2, 0) is 6.42 Å². The lowest BCUT2D eigenvalue weighted by Gasteiger charge is -2.03. The zero-order valence-corrected chi connectivity index (χ0v) is 4.39. The van der Waals surface area contributed by atoms with Gasteiger partial charge in [-0.15, -0.1) is 0 Å². The van der Waals surface area contributed by atoms with Gasteiger partial charge in [0.05, 0.1) is 5.69 Å². The van der Waals surface area contributed by atoms with E-state index in [0.717, 1.165) is 5.92 Å².